The van der Waals surface area contributed by atoms with Crippen molar-refractivity contribution in [1.82, 2.24) is 19.8 Å². The lowest BCUT2D eigenvalue weighted by molar-refractivity contribution is 0.101. The molecule has 0 radical (unpaired) electrons. The molecular formula is C32H42N8O2. The first-order valence-electron chi connectivity index (χ1n) is 15.0. The second-order valence-electron chi connectivity index (χ2n) is 11.1. The fourth-order valence-electron chi connectivity index (χ4n) is 5.70. The second kappa shape index (κ2) is 13.7. The summed E-state index contributed by atoms with van der Waals surface area (Å²) in [6, 6.07) is 17.9. The Labute approximate surface area is 248 Å². The van der Waals surface area contributed by atoms with Gasteiger partial charge in [0.1, 0.15) is 5.82 Å². The van der Waals surface area contributed by atoms with Gasteiger partial charge in [-0.15, -0.1) is 0 Å². The molecule has 2 aromatic carbocycles. The van der Waals surface area contributed by atoms with Crippen LogP contribution in [0.25, 0.3) is 0 Å². The zero-order valence-electron chi connectivity index (χ0n) is 24.9. The highest BCUT2D eigenvalue weighted by Crippen LogP contribution is 2.25. The minimum Gasteiger partial charge on any atom is -0.371 e. The van der Waals surface area contributed by atoms with Gasteiger partial charge in [0.05, 0.1) is 0 Å². The van der Waals surface area contributed by atoms with Crippen molar-refractivity contribution >= 4 is 40.6 Å². The lowest BCUT2D eigenvalue weighted by Gasteiger charge is -2.37. The smallest absolute Gasteiger partial charge is 0.321 e. The minimum absolute atomic E-state index is 0.00189. The third-order valence-corrected chi connectivity index (χ3v) is 8.23. The molecule has 2 N–H and O–H groups in total. The molecule has 2 aliphatic heterocycles. The SMILES string of the molecule is CCCN(C)C1CCN(c2ccc(Nc3nccc(N4CCN(C(=O)Nc5ccc(C(C)=O)cc5)CC4)n3)cc2)CC1. The van der Waals surface area contributed by atoms with Gasteiger partial charge in [-0.2, -0.15) is 4.98 Å². The number of nitrogens with one attached hydrogen (secondary N) is 2. The fraction of sp³-hybridized carbons (Fsp3) is 0.438. The summed E-state index contributed by atoms with van der Waals surface area (Å²) >= 11 is 0. The maximum Gasteiger partial charge on any atom is 0.321 e. The Hall–Kier alpha value is -4.18. The average Bonchev–Trinajstić information content (AvgIpc) is 3.02. The Morgan fingerprint density at radius 3 is 2.19 bits per heavy atom. The van der Waals surface area contributed by atoms with Crippen LogP contribution < -0.4 is 20.4 Å². The molecule has 10 heteroatoms. The molecule has 0 bridgehead atoms. The van der Waals surface area contributed by atoms with Gasteiger partial charge in [0.2, 0.25) is 5.95 Å². The number of hydrogen-bond donors (Lipinski definition) is 2. The van der Waals surface area contributed by atoms with Gasteiger partial charge in [-0.05, 0) is 94.4 Å². The molecule has 3 heterocycles. The number of urea groups is 1. The summed E-state index contributed by atoms with van der Waals surface area (Å²) in [6.45, 7) is 9.61. The highest BCUT2D eigenvalue weighted by atomic mass is 16.2. The van der Waals surface area contributed by atoms with Crippen LogP contribution in [0.4, 0.5) is 33.6 Å². The largest absolute Gasteiger partial charge is 0.371 e. The summed E-state index contributed by atoms with van der Waals surface area (Å²) in [7, 11) is 2.25. The van der Waals surface area contributed by atoms with E-state index in [0.717, 1.165) is 24.6 Å². The molecule has 1 aromatic heterocycles. The summed E-state index contributed by atoms with van der Waals surface area (Å²) in [5, 5.41) is 6.27. The number of rotatable bonds is 9. The van der Waals surface area contributed by atoms with Crippen LogP contribution in [-0.4, -0.2) is 90.5 Å². The minimum atomic E-state index is -0.146. The van der Waals surface area contributed by atoms with Crippen LogP contribution in [0.2, 0.25) is 0 Å². The fourth-order valence-corrected chi connectivity index (χ4v) is 5.70. The number of piperidine rings is 1. The topological polar surface area (TPSA) is 96.9 Å². The molecule has 2 aliphatic rings. The summed E-state index contributed by atoms with van der Waals surface area (Å²) in [4.78, 5) is 42.4. The van der Waals surface area contributed by atoms with Gasteiger partial charge in [-0.25, -0.2) is 9.78 Å². The summed E-state index contributed by atoms with van der Waals surface area (Å²) in [6.07, 6.45) is 5.37. The van der Waals surface area contributed by atoms with E-state index in [-0.39, 0.29) is 11.8 Å². The van der Waals surface area contributed by atoms with Crippen LogP contribution in [0.15, 0.2) is 60.8 Å². The number of anilines is 5. The summed E-state index contributed by atoms with van der Waals surface area (Å²) < 4.78 is 0. The first-order chi connectivity index (χ1) is 20.4. The van der Waals surface area contributed by atoms with Gasteiger partial charge in [0.25, 0.3) is 0 Å². The Kier molecular flexibility index (Phi) is 9.53. The third kappa shape index (κ3) is 7.36. The monoisotopic (exact) mass is 570 g/mol. The molecule has 3 aromatic rings. The first kappa shape index (κ1) is 29.3. The summed E-state index contributed by atoms with van der Waals surface area (Å²) in [5.41, 5.74) is 3.50. The Morgan fingerprint density at radius 2 is 1.55 bits per heavy atom. The van der Waals surface area contributed by atoms with Crippen LogP contribution in [0.3, 0.4) is 0 Å². The van der Waals surface area contributed by atoms with Crippen molar-refractivity contribution in [3.05, 3.63) is 66.4 Å². The molecule has 42 heavy (non-hydrogen) atoms. The molecule has 0 aliphatic carbocycles. The van der Waals surface area contributed by atoms with Gasteiger partial charge in [-0.1, -0.05) is 6.92 Å². The zero-order chi connectivity index (χ0) is 29.5. The van der Waals surface area contributed by atoms with Crippen LogP contribution in [-0.2, 0) is 0 Å². The van der Waals surface area contributed by atoms with E-state index in [0.29, 0.717) is 49.4 Å². The van der Waals surface area contributed by atoms with E-state index >= 15 is 0 Å². The van der Waals surface area contributed by atoms with E-state index in [1.54, 1.807) is 35.4 Å². The molecule has 10 nitrogen and oxygen atoms in total. The lowest BCUT2D eigenvalue weighted by atomic mass is 10.0. The van der Waals surface area contributed by atoms with Crippen molar-refractivity contribution in [2.45, 2.75) is 39.2 Å². The number of aromatic nitrogens is 2. The number of ketones is 1. The van der Waals surface area contributed by atoms with E-state index in [9.17, 15) is 9.59 Å². The molecular weight excluding hydrogens is 528 g/mol. The van der Waals surface area contributed by atoms with E-state index in [1.807, 2.05) is 6.07 Å². The van der Waals surface area contributed by atoms with Gasteiger partial charge >= 0.3 is 6.03 Å². The number of piperazine rings is 1. The standard InChI is InChI=1S/C32H42N8O2/c1-4-17-37(3)28-14-18-38(19-15-28)29-11-9-26(10-12-29)34-31-33-16-13-30(36-31)39-20-22-40(23-21-39)32(42)35-27-7-5-25(6-8-27)24(2)41/h5-13,16,28H,4,14-15,17-23H2,1-3H3,(H,35,42)(H,33,34,36). The van der Waals surface area contributed by atoms with E-state index in [2.05, 4.69) is 68.6 Å². The molecule has 5 rings (SSSR count). The number of Topliss-reactive ketones (excluding diaryl/α,β-unsaturated/α-hetero) is 1. The van der Waals surface area contributed by atoms with Gasteiger partial charge < -0.3 is 30.2 Å². The van der Waals surface area contributed by atoms with Crippen molar-refractivity contribution in [2.24, 2.45) is 0 Å². The van der Waals surface area contributed by atoms with Gasteiger partial charge in [-0.3, -0.25) is 4.79 Å². The normalized spacial score (nSPS) is 16.0. The lowest BCUT2D eigenvalue weighted by Crippen LogP contribution is -2.50. The van der Waals surface area contributed by atoms with Crippen molar-refractivity contribution in [2.75, 3.05) is 73.3 Å². The Morgan fingerprint density at radius 1 is 0.881 bits per heavy atom. The number of carbonyl (C=O) groups is 2. The third-order valence-electron chi connectivity index (χ3n) is 8.23. The zero-order valence-corrected chi connectivity index (χ0v) is 24.9. The molecule has 222 valence electrons. The first-order valence-corrected chi connectivity index (χ1v) is 15.0. The van der Waals surface area contributed by atoms with Crippen molar-refractivity contribution in [3.63, 3.8) is 0 Å². The van der Waals surface area contributed by atoms with Crippen molar-refractivity contribution in [3.8, 4) is 0 Å². The van der Waals surface area contributed by atoms with Crippen molar-refractivity contribution < 1.29 is 9.59 Å². The van der Waals surface area contributed by atoms with Gasteiger partial charge in [0, 0.05) is 74.1 Å². The number of nitrogens with zero attached hydrogens (tertiary/aromatic N) is 6. The van der Waals surface area contributed by atoms with E-state index in [1.165, 1.54) is 38.4 Å². The molecule has 2 fully saturated rings. The van der Waals surface area contributed by atoms with Crippen LogP contribution in [0.5, 0.6) is 0 Å². The number of benzene rings is 2. The Balaban J connectivity index is 1.10. The quantitative estimate of drug-likeness (QED) is 0.344. The van der Waals surface area contributed by atoms with Crippen LogP contribution >= 0.6 is 0 Å². The van der Waals surface area contributed by atoms with Crippen LogP contribution in [0.1, 0.15) is 43.5 Å². The molecule has 0 atom stereocenters. The maximum atomic E-state index is 12.8. The van der Waals surface area contributed by atoms with Crippen LogP contribution in [0, 0.1) is 0 Å². The summed E-state index contributed by atoms with van der Waals surface area (Å²) in [5.74, 6) is 1.39. The molecule has 0 spiro atoms. The highest BCUT2D eigenvalue weighted by Gasteiger charge is 2.23. The average molecular weight is 571 g/mol. The molecule has 2 saturated heterocycles. The molecule has 2 amide bonds. The van der Waals surface area contributed by atoms with Gasteiger partial charge in [0.15, 0.2) is 5.78 Å². The van der Waals surface area contributed by atoms with Crippen molar-refractivity contribution in [1.29, 1.82) is 0 Å². The number of carbonyl (C=O) groups excluding carboxylic acids is 2. The number of hydrogen-bond acceptors (Lipinski definition) is 8. The molecule has 0 unspecified atom stereocenters. The predicted octanol–water partition coefficient (Wildman–Crippen LogP) is 5.09. The van der Waals surface area contributed by atoms with E-state index < -0.39 is 0 Å². The Bertz CT molecular complexity index is 1330. The maximum absolute atomic E-state index is 12.8. The molecule has 0 saturated carbocycles. The predicted molar refractivity (Wildman–Crippen MR) is 169 cm³/mol. The second-order valence-corrected chi connectivity index (χ2v) is 11.1. The number of amides is 2. The van der Waals surface area contributed by atoms with E-state index in [4.69, 9.17) is 4.98 Å². The highest BCUT2D eigenvalue weighted by molar-refractivity contribution is 5.95.